The fraction of sp³-hybridized carbons (Fsp3) is 0.0714. The normalized spacial score (nSPS) is 9.63. The number of nitriles is 1. The number of aromatic nitrogens is 1. The maximum absolute atomic E-state index is 10.7. The monoisotopic (exact) mass is 252 g/mol. The molecule has 0 radical (unpaired) electrons. The van der Waals surface area contributed by atoms with E-state index in [0.29, 0.717) is 12.2 Å². The average Bonchev–Trinajstić information content (AvgIpc) is 2.45. The van der Waals surface area contributed by atoms with Crippen molar-refractivity contribution in [3.63, 3.8) is 0 Å². The van der Waals surface area contributed by atoms with Crippen molar-refractivity contribution in [2.75, 3.05) is 0 Å². The van der Waals surface area contributed by atoms with Crippen LogP contribution >= 0.6 is 0 Å². The number of carbonyl (C=O) groups is 1. The zero-order chi connectivity index (χ0) is 13.7. The van der Waals surface area contributed by atoms with Crippen LogP contribution in [0.3, 0.4) is 0 Å². The molecule has 0 saturated heterocycles. The molecule has 0 aliphatic heterocycles. The Hall–Kier alpha value is -2.87. The van der Waals surface area contributed by atoms with Crippen LogP contribution in [0.4, 0.5) is 4.79 Å². The number of nitrogens with one attached hydrogen (secondary N) is 1. The highest BCUT2D eigenvalue weighted by Gasteiger charge is 2.01. The molecule has 2 amide bonds. The van der Waals surface area contributed by atoms with Gasteiger partial charge in [0.2, 0.25) is 0 Å². The standard InChI is InChI=1S/C14H12N4O/c15-7-13-5-4-12(9-17-13)11-3-1-2-10(6-11)8-18-14(16)19/h1-6,9H,8H2,(H3,16,18,19). The number of urea groups is 1. The number of primary amides is 1. The van der Waals surface area contributed by atoms with Gasteiger partial charge in [-0.1, -0.05) is 18.2 Å². The lowest BCUT2D eigenvalue weighted by atomic mass is 10.0. The summed E-state index contributed by atoms with van der Waals surface area (Å²) in [4.78, 5) is 14.7. The molecule has 0 bridgehead atoms. The minimum Gasteiger partial charge on any atom is -0.352 e. The third-order valence-corrected chi connectivity index (χ3v) is 2.61. The number of hydrogen-bond acceptors (Lipinski definition) is 3. The first-order chi connectivity index (χ1) is 9.19. The third kappa shape index (κ3) is 3.30. The van der Waals surface area contributed by atoms with Gasteiger partial charge in [0, 0.05) is 18.3 Å². The van der Waals surface area contributed by atoms with E-state index in [1.807, 2.05) is 36.4 Å². The van der Waals surface area contributed by atoms with E-state index in [9.17, 15) is 4.79 Å². The van der Waals surface area contributed by atoms with E-state index in [2.05, 4.69) is 10.3 Å². The Morgan fingerprint density at radius 3 is 2.79 bits per heavy atom. The largest absolute Gasteiger partial charge is 0.352 e. The van der Waals surface area contributed by atoms with Crippen molar-refractivity contribution in [2.24, 2.45) is 5.73 Å². The number of pyridine rings is 1. The smallest absolute Gasteiger partial charge is 0.312 e. The minimum atomic E-state index is -0.551. The van der Waals surface area contributed by atoms with Crippen molar-refractivity contribution in [3.8, 4) is 17.2 Å². The van der Waals surface area contributed by atoms with Gasteiger partial charge in [-0.15, -0.1) is 0 Å². The summed E-state index contributed by atoms with van der Waals surface area (Å²) >= 11 is 0. The highest BCUT2D eigenvalue weighted by molar-refractivity contribution is 5.71. The number of nitrogens with two attached hydrogens (primary N) is 1. The molecule has 3 N–H and O–H groups in total. The summed E-state index contributed by atoms with van der Waals surface area (Å²) < 4.78 is 0. The molecule has 2 aromatic rings. The van der Waals surface area contributed by atoms with Gasteiger partial charge in [-0.2, -0.15) is 5.26 Å². The summed E-state index contributed by atoms with van der Waals surface area (Å²) in [5.74, 6) is 0. The van der Waals surface area contributed by atoms with E-state index in [1.54, 1.807) is 12.3 Å². The third-order valence-electron chi connectivity index (χ3n) is 2.61. The number of carbonyl (C=O) groups excluding carboxylic acids is 1. The Morgan fingerprint density at radius 1 is 1.32 bits per heavy atom. The predicted octanol–water partition coefficient (Wildman–Crippen LogP) is 1.79. The molecule has 5 nitrogen and oxygen atoms in total. The van der Waals surface area contributed by atoms with Gasteiger partial charge in [-0.25, -0.2) is 9.78 Å². The molecule has 0 saturated carbocycles. The Morgan fingerprint density at radius 2 is 2.16 bits per heavy atom. The molecule has 0 aliphatic rings. The van der Waals surface area contributed by atoms with Gasteiger partial charge < -0.3 is 11.1 Å². The highest BCUT2D eigenvalue weighted by atomic mass is 16.2. The number of rotatable bonds is 3. The summed E-state index contributed by atoms with van der Waals surface area (Å²) in [5.41, 5.74) is 8.25. The molecule has 0 atom stereocenters. The zero-order valence-corrected chi connectivity index (χ0v) is 10.1. The Labute approximate surface area is 110 Å². The molecule has 0 fully saturated rings. The highest BCUT2D eigenvalue weighted by Crippen LogP contribution is 2.19. The van der Waals surface area contributed by atoms with Gasteiger partial charge in [0.1, 0.15) is 11.8 Å². The molecule has 94 valence electrons. The summed E-state index contributed by atoms with van der Waals surface area (Å²) in [6.45, 7) is 0.382. The van der Waals surface area contributed by atoms with E-state index in [-0.39, 0.29) is 0 Å². The summed E-state index contributed by atoms with van der Waals surface area (Å²) in [7, 11) is 0. The van der Waals surface area contributed by atoms with Crippen molar-refractivity contribution in [1.29, 1.82) is 5.26 Å². The first-order valence-corrected chi connectivity index (χ1v) is 5.68. The maximum Gasteiger partial charge on any atom is 0.312 e. The number of amides is 2. The average molecular weight is 252 g/mol. The summed E-state index contributed by atoms with van der Waals surface area (Å²) in [5, 5.41) is 11.2. The van der Waals surface area contributed by atoms with E-state index in [1.165, 1.54) is 0 Å². The SMILES string of the molecule is N#Cc1ccc(-c2cccc(CNC(N)=O)c2)cn1. The Bertz CT molecular complexity index is 629. The fourth-order valence-corrected chi connectivity index (χ4v) is 1.68. The van der Waals surface area contributed by atoms with Crippen LogP contribution < -0.4 is 11.1 Å². The Balaban J connectivity index is 2.22. The summed E-state index contributed by atoms with van der Waals surface area (Å²) in [6, 6.07) is 12.6. The lowest BCUT2D eigenvalue weighted by Crippen LogP contribution is -2.28. The van der Waals surface area contributed by atoms with Crippen LogP contribution in [0.15, 0.2) is 42.6 Å². The lowest BCUT2D eigenvalue weighted by molar-refractivity contribution is 0.248. The van der Waals surface area contributed by atoms with Crippen LogP contribution in [0.25, 0.3) is 11.1 Å². The molecular formula is C14H12N4O. The van der Waals surface area contributed by atoms with Crippen LogP contribution in [0.5, 0.6) is 0 Å². The second kappa shape index (κ2) is 5.65. The van der Waals surface area contributed by atoms with Gasteiger partial charge in [-0.3, -0.25) is 0 Å². The quantitative estimate of drug-likeness (QED) is 0.872. The predicted molar refractivity (Wildman–Crippen MR) is 70.8 cm³/mol. The number of nitrogens with zero attached hydrogens (tertiary/aromatic N) is 2. The number of benzene rings is 1. The molecule has 5 heteroatoms. The van der Waals surface area contributed by atoms with Gasteiger partial charge in [0.25, 0.3) is 0 Å². The van der Waals surface area contributed by atoms with Crippen molar-refractivity contribution >= 4 is 6.03 Å². The van der Waals surface area contributed by atoms with Gasteiger partial charge in [-0.05, 0) is 29.3 Å². The van der Waals surface area contributed by atoms with Crippen LogP contribution in [-0.2, 0) is 6.54 Å². The van der Waals surface area contributed by atoms with E-state index in [0.717, 1.165) is 16.7 Å². The lowest BCUT2D eigenvalue weighted by Gasteiger charge is -2.06. The second-order valence-electron chi connectivity index (χ2n) is 3.96. The molecule has 0 unspecified atom stereocenters. The van der Waals surface area contributed by atoms with Crippen LogP contribution in [0.1, 0.15) is 11.3 Å². The van der Waals surface area contributed by atoms with Crippen LogP contribution in [-0.4, -0.2) is 11.0 Å². The van der Waals surface area contributed by atoms with E-state index >= 15 is 0 Å². The van der Waals surface area contributed by atoms with Gasteiger partial charge in [0.15, 0.2) is 0 Å². The van der Waals surface area contributed by atoms with E-state index in [4.69, 9.17) is 11.0 Å². The second-order valence-corrected chi connectivity index (χ2v) is 3.96. The number of hydrogen-bond donors (Lipinski definition) is 2. The fourth-order valence-electron chi connectivity index (χ4n) is 1.68. The van der Waals surface area contributed by atoms with Crippen LogP contribution in [0, 0.1) is 11.3 Å². The molecule has 0 aliphatic carbocycles. The summed E-state index contributed by atoms with van der Waals surface area (Å²) in [6.07, 6.45) is 1.65. The van der Waals surface area contributed by atoms with Gasteiger partial charge in [0.05, 0.1) is 0 Å². The molecule has 1 heterocycles. The van der Waals surface area contributed by atoms with Crippen molar-refractivity contribution in [2.45, 2.75) is 6.54 Å². The van der Waals surface area contributed by atoms with Crippen molar-refractivity contribution < 1.29 is 4.79 Å². The minimum absolute atomic E-state index is 0.382. The molecule has 19 heavy (non-hydrogen) atoms. The molecule has 1 aromatic heterocycles. The molecule has 2 rings (SSSR count). The Kier molecular flexibility index (Phi) is 3.74. The first-order valence-electron chi connectivity index (χ1n) is 5.68. The van der Waals surface area contributed by atoms with Crippen LogP contribution in [0.2, 0.25) is 0 Å². The maximum atomic E-state index is 10.7. The zero-order valence-electron chi connectivity index (χ0n) is 10.1. The topological polar surface area (TPSA) is 91.8 Å². The van der Waals surface area contributed by atoms with E-state index < -0.39 is 6.03 Å². The van der Waals surface area contributed by atoms with Crippen molar-refractivity contribution in [1.82, 2.24) is 10.3 Å². The van der Waals surface area contributed by atoms with Gasteiger partial charge >= 0.3 is 6.03 Å². The molecular weight excluding hydrogens is 240 g/mol. The van der Waals surface area contributed by atoms with Crippen molar-refractivity contribution in [3.05, 3.63) is 53.9 Å². The molecule has 0 spiro atoms. The molecule has 1 aromatic carbocycles. The first kappa shape index (κ1) is 12.6.